The SMILES string of the molecule is COc1c(-c2ccncc2)ccnc1N1NC(NC=O)=NC1Cc1ccccc1. The smallest absolute Gasteiger partial charge is 0.219 e. The molecule has 2 aromatic heterocycles. The molecule has 1 unspecified atom stereocenters. The first-order valence-corrected chi connectivity index (χ1v) is 9.11. The Balaban J connectivity index is 1.73. The van der Waals surface area contributed by atoms with E-state index in [0.717, 1.165) is 16.7 Å². The zero-order valence-electron chi connectivity index (χ0n) is 15.8. The van der Waals surface area contributed by atoms with Crippen LogP contribution in [0.2, 0.25) is 0 Å². The topological polar surface area (TPSA) is 91.7 Å². The maximum absolute atomic E-state index is 10.9. The van der Waals surface area contributed by atoms with Crippen molar-refractivity contribution >= 4 is 18.2 Å². The average Bonchev–Trinajstić information content (AvgIpc) is 3.16. The van der Waals surface area contributed by atoms with Gasteiger partial charge in [-0.3, -0.25) is 20.5 Å². The van der Waals surface area contributed by atoms with Crippen LogP contribution in [0.15, 0.2) is 72.1 Å². The van der Waals surface area contributed by atoms with E-state index in [4.69, 9.17) is 4.74 Å². The Kier molecular flexibility index (Phi) is 5.33. The fourth-order valence-electron chi connectivity index (χ4n) is 3.27. The summed E-state index contributed by atoms with van der Waals surface area (Å²) in [6.07, 6.45) is 6.09. The number of hydrogen-bond acceptors (Lipinski definition) is 7. The first-order chi connectivity index (χ1) is 14.3. The number of amides is 1. The fourth-order valence-corrected chi connectivity index (χ4v) is 3.27. The van der Waals surface area contributed by atoms with Gasteiger partial charge >= 0.3 is 0 Å². The van der Waals surface area contributed by atoms with Crippen LogP contribution in [-0.2, 0) is 11.2 Å². The van der Waals surface area contributed by atoms with Crippen LogP contribution < -0.4 is 20.5 Å². The number of rotatable bonds is 6. The van der Waals surface area contributed by atoms with Crippen molar-refractivity contribution in [2.45, 2.75) is 12.6 Å². The quantitative estimate of drug-likeness (QED) is 0.629. The molecule has 0 spiro atoms. The van der Waals surface area contributed by atoms with Gasteiger partial charge in [-0.05, 0) is 29.3 Å². The molecule has 3 heterocycles. The van der Waals surface area contributed by atoms with E-state index >= 15 is 0 Å². The number of nitrogens with zero attached hydrogens (tertiary/aromatic N) is 4. The Labute approximate surface area is 168 Å². The molecule has 1 aliphatic rings. The molecule has 1 aliphatic heterocycles. The van der Waals surface area contributed by atoms with Crippen molar-refractivity contribution in [2.75, 3.05) is 12.1 Å². The Morgan fingerprint density at radius 2 is 1.93 bits per heavy atom. The summed E-state index contributed by atoms with van der Waals surface area (Å²) in [6, 6.07) is 15.7. The molecular weight excluding hydrogens is 368 g/mol. The van der Waals surface area contributed by atoms with E-state index < -0.39 is 0 Å². The molecule has 4 rings (SSSR count). The van der Waals surface area contributed by atoms with E-state index in [1.54, 1.807) is 25.7 Å². The second kappa shape index (κ2) is 8.39. The van der Waals surface area contributed by atoms with E-state index in [-0.39, 0.29) is 6.17 Å². The van der Waals surface area contributed by atoms with Gasteiger partial charge in [0.25, 0.3) is 0 Å². The number of carbonyl (C=O) groups excluding carboxylic acids is 1. The third-order valence-electron chi connectivity index (χ3n) is 4.57. The highest BCUT2D eigenvalue weighted by molar-refractivity contribution is 5.92. The van der Waals surface area contributed by atoms with Crippen LogP contribution in [0, 0.1) is 0 Å². The summed E-state index contributed by atoms with van der Waals surface area (Å²) in [5.74, 6) is 1.54. The van der Waals surface area contributed by atoms with E-state index in [0.29, 0.717) is 30.4 Å². The number of benzene rings is 1. The minimum absolute atomic E-state index is 0.311. The van der Waals surface area contributed by atoms with Gasteiger partial charge in [0.1, 0.15) is 6.17 Å². The van der Waals surface area contributed by atoms with Gasteiger partial charge in [0.05, 0.1) is 7.11 Å². The first-order valence-electron chi connectivity index (χ1n) is 9.11. The zero-order valence-corrected chi connectivity index (χ0v) is 15.8. The summed E-state index contributed by atoms with van der Waals surface area (Å²) >= 11 is 0. The van der Waals surface area contributed by atoms with Crippen molar-refractivity contribution in [3.05, 3.63) is 72.7 Å². The maximum Gasteiger partial charge on any atom is 0.219 e. The number of aromatic nitrogens is 2. The summed E-state index contributed by atoms with van der Waals surface area (Å²) < 4.78 is 5.73. The van der Waals surface area contributed by atoms with Gasteiger partial charge in [-0.2, -0.15) is 0 Å². The highest BCUT2D eigenvalue weighted by Gasteiger charge is 2.31. The van der Waals surface area contributed by atoms with E-state index in [1.807, 2.05) is 53.5 Å². The molecule has 2 N–H and O–H groups in total. The highest BCUT2D eigenvalue weighted by Crippen LogP contribution is 2.37. The van der Waals surface area contributed by atoms with Crippen molar-refractivity contribution in [3.63, 3.8) is 0 Å². The number of anilines is 1. The lowest BCUT2D eigenvalue weighted by Gasteiger charge is -2.26. The molecule has 8 heteroatoms. The maximum atomic E-state index is 10.9. The third kappa shape index (κ3) is 3.86. The van der Waals surface area contributed by atoms with Gasteiger partial charge in [0.2, 0.25) is 12.4 Å². The number of carbonyl (C=O) groups is 1. The summed E-state index contributed by atoms with van der Waals surface area (Å²) in [6.45, 7) is 0. The van der Waals surface area contributed by atoms with Crippen molar-refractivity contribution in [2.24, 2.45) is 4.99 Å². The van der Waals surface area contributed by atoms with Gasteiger partial charge in [0.15, 0.2) is 11.6 Å². The molecule has 146 valence electrons. The van der Waals surface area contributed by atoms with Crippen LogP contribution in [0.4, 0.5) is 5.82 Å². The molecule has 1 atom stereocenters. The molecule has 0 radical (unpaired) electrons. The van der Waals surface area contributed by atoms with Crippen LogP contribution in [0.3, 0.4) is 0 Å². The number of guanidine groups is 1. The van der Waals surface area contributed by atoms with Gasteiger partial charge in [-0.1, -0.05) is 30.3 Å². The Hall–Kier alpha value is -3.94. The van der Waals surface area contributed by atoms with Gasteiger partial charge in [-0.15, -0.1) is 0 Å². The number of methoxy groups -OCH3 is 1. The minimum Gasteiger partial charge on any atom is -0.492 e. The van der Waals surface area contributed by atoms with Crippen LogP contribution in [0.25, 0.3) is 11.1 Å². The molecule has 1 aromatic carbocycles. The summed E-state index contributed by atoms with van der Waals surface area (Å²) in [4.78, 5) is 24.1. The lowest BCUT2D eigenvalue weighted by Crippen LogP contribution is -2.46. The molecule has 1 amide bonds. The number of ether oxygens (including phenoxy) is 1. The molecule has 0 saturated carbocycles. The predicted molar refractivity (Wildman–Crippen MR) is 110 cm³/mol. The lowest BCUT2D eigenvalue weighted by molar-refractivity contribution is -0.108. The minimum atomic E-state index is -0.311. The van der Waals surface area contributed by atoms with Gasteiger partial charge in [0, 0.05) is 30.6 Å². The summed E-state index contributed by atoms with van der Waals surface area (Å²) in [5.41, 5.74) is 6.08. The summed E-state index contributed by atoms with van der Waals surface area (Å²) in [5, 5.41) is 4.39. The molecule has 8 nitrogen and oxygen atoms in total. The number of hydrazine groups is 1. The molecule has 3 aromatic rings. The first kappa shape index (κ1) is 18.4. The van der Waals surface area contributed by atoms with Crippen LogP contribution >= 0.6 is 0 Å². The second-order valence-electron chi connectivity index (χ2n) is 6.34. The Bertz CT molecular complexity index is 1010. The molecule has 0 aliphatic carbocycles. The predicted octanol–water partition coefficient (Wildman–Crippen LogP) is 2.15. The number of hydrogen-bond donors (Lipinski definition) is 2. The van der Waals surface area contributed by atoms with E-state index in [2.05, 4.69) is 25.7 Å². The molecule has 0 fully saturated rings. The van der Waals surface area contributed by atoms with Crippen LogP contribution in [-0.4, -0.2) is 35.6 Å². The third-order valence-corrected chi connectivity index (χ3v) is 4.57. The molecule has 29 heavy (non-hydrogen) atoms. The average molecular weight is 388 g/mol. The van der Waals surface area contributed by atoms with Crippen LogP contribution in [0.1, 0.15) is 5.56 Å². The highest BCUT2D eigenvalue weighted by atomic mass is 16.5. The van der Waals surface area contributed by atoms with Crippen molar-refractivity contribution < 1.29 is 9.53 Å². The van der Waals surface area contributed by atoms with E-state index in [1.165, 1.54) is 0 Å². The molecular formula is C21H20N6O2. The van der Waals surface area contributed by atoms with Crippen molar-refractivity contribution in [1.29, 1.82) is 0 Å². The Morgan fingerprint density at radius 3 is 2.66 bits per heavy atom. The number of nitrogens with one attached hydrogen (secondary N) is 2. The standard InChI is InChI=1S/C21H20N6O2/c1-29-19-17(16-7-10-22-11-8-16)9-12-23-20(19)27-18(25-21(26-27)24-14-28)13-15-5-3-2-4-6-15/h2-12,14,18H,13H2,1H3,(H2,24,25,26,28). The van der Waals surface area contributed by atoms with Gasteiger partial charge < -0.3 is 4.74 Å². The summed E-state index contributed by atoms with van der Waals surface area (Å²) in [7, 11) is 1.61. The normalized spacial score (nSPS) is 15.4. The zero-order chi connectivity index (χ0) is 20.1. The van der Waals surface area contributed by atoms with E-state index in [9.17, 15) is 4.79 Å². The largest absolute Gasteiger partial charge is 0.492 e. The molecule has 0 bridgehead atoms. The number of pyridine rings is 2. The van der Waals surface area contributed by atoms with Crippen molar-refractivity contribution in [3.8, 4) is 16.9 Å². The lowest BCUT2D eigenvalue weighted by atomic mass is 10.1. The second-order valence-corrected chi connectivity index (χ2v) is 6.34. The Morgan fingerprint density at radius 1 is 1.14 bits per heavy atom. The van der Waals surface area contributed by atoms with Crippen molar-refractivity contribution in [1.82, 2.24) is 20.7 Å². The van der Waals surface area contributed by atoms with Crippen LogP contribution in [0.5, 0.6) is 5.75 Å². The fraction of sp³-hybridized carbons (Fsp3) is 0.143. The number of aliphatic imine (C=N–C) groups is 1. The molecule has 0 saturated heterocycles. The monoisotopic (exact) mass is 388 g/mol. The van der Waals surface area contributed by atoms with Gasteiger partial charge in [-0.25, -0.2) is 15.0 Å².